The summed E-state index contributed by atoms with van der Waals surface area (Å²) in [5.41, 5.74) is 6.50. The SMILES string of the molecule is CC(=O)Nc1ccc2c(OC(=O)[C@@H]3[C@@H](c4ccccc4)[C@@H](C(=O)O)[C@@H]3c3cccc(Oc4ccccc4-c4ccccc4OC(=O)[C@@H]4[C@@H](c5ccccc5)[C@@H](C(=O)O)[C@@H]4c4ccc(C5COCCC5COC(=O)C5[C@@H](c6ccccc6)C(C(=O)O)[C@@H]5c5ccccc5)cc4)c3)cccc2c1. The van der Waals surface area contributed by atoms with Crippen molar-refractivity contribution < 1.29 is 72.6 Å². The molecule has 502 valence electrons. The average molecular weight is 1330 g/mol. The van der Waals surface area contributed by atoms with E-state index in [0.29, 0.717) is 75.6 Å². The van der Waals surface area contributed by atoms with Gasteiger partial charge in [-0.1, -0.05) is 206 Å². The number of para-hydroxylation sites is 2. The van der Waals surface area contributed by atoms with Crippen molar-refractivity contribution in [1.82, 2.24) is 0 Å². The summed E-state index contributed by atoms with van der Waals surface area (Å²) in [6, 6.07) is 76.0. The van der Waals surface area contributed by atoms with Crippen LogP contribution in [0.2, 0.25) is 0 Å². The highest BCUT2D eigenvalue weighted by molar-refractivity contribution is 5.97. The molecule has 3 aliphatic carbocycles. The van der Waals surface area contributed by atoms with Crippen LogP contribution in [0.1, 0.15) is 93.7 Å². The van der Waals surface area contributed by atoms with Crippen molar-refractivity contribution in [2.24, 2.45) is 41.4 Å². The molecule has 4 N–H and O–H groups in total. The molecule has 14 rings (SSSR count). The maximum absolute atomic E-state index is 15.3. The van der Waals surface area contributed by atoms with Crippen molar-refractivity contribution in [3.8, 4) is 34.1 Å². The lowest BCUT2D eigenvalue weighted by Gasteiger charge is -2.49. The second kappa shape index (κ2) is 28.5. The zero-order valence-electron chi connectivity index (χ0n) is 54.4. The topological polar surface area (TPSA) is 238 Å². The summed E-state index contributed by atoms with van der Waals surface area (Å²) in [7, 11) is 0. The highest BCUT2D eigenvalue weighted by atomic mass is 16.5. The molecule has 16 nitrogen and oxygen atoms in total. The molecule has 16 heteroatoms. The molecule has 1 heterocycles. The molecule has 0 aromatic heterocycles. The van der Waals surface area contributed by atoms with Gasteiger partial charge in [-0.3, -0.25) is 33.6 Å². The second-order valence-electron chi connectivity index (χ2n) is 26.4. The standard InChI is InChI=1S/C84H71NO15/c1-48(86)85-58-40-41-60-55(44-58)28-19-35-64(60)99-84(95)78-70(53-26-12-5-13-27-53)75(81(91)92)72(78)56-29-18-30-59(45-56)98-65-33-16-14-31-61(65)62-32-15-17-34-66(62)100-83(94)77-69(52-24-10-4-11-25-52)74(80(89)90)71(77)54-38-36-49(37-39-54)63-47-96-43-42-57(63)46-97-82(93)76-67(50-20-6-2-7-21-50)73(79(87)88)68(76)51-22-8-3-9-23-51/h2-41,44-45,57,63,67-78H,42-43,46-47H2,1H3,(H,85,86)(H,87,88)(H,89,90)(H,91,92)/t57?,63?,67-,68-,69-,70-,71-,72-,73?,74+,75+,76?,77+,78+/m0/s1. The van der Waals surface area contributed by atoms with Crippen molar-refractivity contribution in [3.05, 3.63) is 294 Å². The van der Waals surface area contributed by atoms with E-state index in [9.17, 15) is 44.1 Å². The van der Waals surface area contributed by atoms with Crippen LogP contribution in [0.25, 0.3) is 21.9 Å². The fourth-order valence-electron chi connectivity index (χ4n) is 16.3. The molecule has 100 heavy (non-hydrogen) atoms. The summed E-state index contributed by atoms with van der Waals surface area (Å²) in [6.45, 7) is 2.26. The first-order valence-electron chi connectivity index (χ1n) is 33.6. The average Bonchev–Trinajstić information content (AvgIpc) is 0.736. The van der Waals surface area contributed by atoms with Gasteiger partial charge in [-0.05, 0) is 99.3 Å². The van der Waals surface area contributed by atoms with E-state index in [1.165, 1.54) is 6.92 Å². The minimum atomic E-state index is -1.08. The highest BCUT2D eigenvalue weighted by Gasteiger charge is 2.62. The third-order valence-electron chi connectivity index (χ3n) is 20.9. The molecular formula is C84H71NO15. The maximum Gasteiger partial charge on any atom is 0.315 e. The van der Waals surface area contributed by atoms with Crippen LogP contribution in [0.3, 0.4) is 0 Å². The van der Waals surface area contributed by atoms with E-state index >= 15 is 4.79 Å². The van der Waals surface area contributed by atoms with Crippen molar-refractivity contribution in [2.45, 2.75) is 54.8 Å². The Labute approximate surface area is 577 Å². The number of nitrogens with one attached hydrogen (secondary N) is 1. The molecule has 1 saturated heterocycles. The number of hydrogen-bond donors (Lipinski definition) is 4. The summed E-state index contributed by atoms with van der Waals surface area (Å²) in [5, 5.41) is 36.8. The first-order chi connectivity index (χ1) is 48.7. The largest absolute Gasteiger partial charge is 0.481 e. The first kappa shape index (κ1) is 65.8. The number of anilines is 1. The fraction of sp³-hybridized carbons (Fsp3) is 0.226. The van der Waals surface area contributed by atoms with Gasteiger partial charge in [0.05, 0.1) is 48.7 Å². The molecule has 1 amide bonds. The predicted molar refractivity (Wildman–Crippen MR) is 373 cm³/mol. The molecule has 0 bridgehead atoms. The molecule has 12 atom stereocenters. The molecule has 10 aromatic rings. The summed E-state index contributed by atoms with van der Waals surface area (Å²) >= 11 is 0. The third kappa shape index (κ3) is 12.9. The number of carbonyl (C=O) groups is 7. The van der Waals surface area contributed by atoms with Crippen molar-refractivity contribution >= 4 is 58.2 Å². The van der Waals surface area contributed by atoms with E-state index in [-0.39, 0.29) is 35.8 Å². The van der Waals surface area contributed by atoms with E-state index in [0.717, 1.165) is 22.1 Å². The Morgan fingerprint density at radius 2 is 0.830 bits per heavy atom. The molecule has 4 aliphatic rings. The minimum Gasteiger partial charge on any atom is -0.481 e. The van der Waals surface area contributed by atoms with Crippen LogP contribution < -0.4 is 19.5 Å². The molecular weight excluding hydrogens is 1260 g/mol. The van der Waals surface area contributed by atoms with E-state index < -0.39 is 107 Å². The van der Waals surface area contributed by atoms with Gasteiger partial charge >= 0.3 is 35.8 Å². The van der Waals surface area contributed by atoms with Gasteiger partial charge in [-0.2, -0.15) is 0 Å². The lowest BCUT2D eigenvalue weighted by molar-refractivity contribution is -0.166. The van der Waals surface area contributed by atoms with Gasteiger partial charge in [-0.15, -0.1) is 0 Å². The van der Waals surface area contributed by atoms with Crippen LogP contribution in [-0.2, 0) is 43.0 Å². The summed E-state index contributed by atoms with van der Waals surface area (Å²) in [5.74, 6) is -14.2. The lowest BCUT2D eigenvalue weighted by Crippen LogP contribution is -2.52. The van der Waals surface area contributed by atoms with Gasteiger partial charge in [0.1, 0.15) is 23.0 Å². The number of aliphatic carboxylic acids is 3. The van der Waals surface area contributed by atoms with Crippen LogP contribution >= 0.6 is 0 Å². The summed E-state index contributed by atoms with van der Waals surface area (Å²) in [6.07, 6.45) is 0.583. The third-order valence-corrected chi connectivity index (χ3v) is 20.9. The van der Waals surface area contributed by atoms with E-state index in [4.69, 9.17) is 23.7 Å². The van der Waals surface area contributed by atoms with E-state index in [1.54, 1.807) is 91.0 Å². The number of fused-ring (bicyclic) bond motifs is 1. The Morgan fingerprint density at radius 1 is 0.410 bits per heavy atom. The highest BCUT2D eigenvalue weighted by Crippen LogP contribution is 2.61. The maximum atomic E-state index is 15.3. The fourth-order valence-corrected chi connectivity index (χ4v) is 16.3. The summed E-state index contributed by atoms with van der Waals surface area (Å²) < 4.78 is 31.8. The van der Waals surface area contributed by atoms with Gasteiger partial charge in [0, 0.05) is 83.1 Å². The zero-order chi connectivity index (χ0) is 69.1. The molecule has 4 fully saturated rings. The molecule has 10 aromatic carbocycles. The van der Waals surface area contributed by atoms with Crippen molar-refractivity contribution in [1.29, 1.82) is 0 Å². The number of amides is 1. The quantitative estimate of drug-likeness (QED) is 0.0386. The van der Waals surface area contributed by atoms with Crippen molar-refractivity contribution in [2.75, 3.05) is 25.1 Å². The molecule has 3 saturated carbocycles. The Hall–Kier alpha value is -11.5. The lowest BCUT2D eigenvalue weighted by atomic mass is 9.52. The normalized spacial score (nSPS) is 24.3. The number of esters is 3. The Kier molecular flexibility index (Phi) is 18.8. The minimum absolute atomic E-state index is 0.0690. The number of benzene rings is 10. The Balaban J connectivity index is 0.713. The molecule has 0 radical (unpaired) electrons. The van der Waals surface area contributed by atoms with Crippen LogP contribution in [0, 0.1) is 41.4 Å². The Bertz CT molecular complexity index is 4650. The second-order valence-corrected chi connectivity index (χ2v) is 26.4. The summed E-state index contributed by atoms with van der Waals surface area (Å²) in [4.78, 5) is 96.3. The van der Waals surface area contributed by atoms with Gasteiger partial charge < -0.3 is 44.3 Å². The van der Waals surface area contributed by atoms with Crippen LogP contribution in [0.15, 0.2) is 255 Å². The van der Waals surface area contributed by atoms with Crippen LogP contribution in [-0.4, -0.2) is 76.9 Å². The zero-order valence-corrected chi connectivity index (χ0v) is 54.4. The number of carboxylic acids is 3. The number of carboxylic acid groups (broad SMARTS) is 3. The van der Waals surface area contributed by atoms with E-state index in [2.05, 4.69) is 5.32 Å². The first-order valence-corrected chi connectivity index (χ1v) is 33.6. The van der Waals surface area contributed by atoms with Gasteiger partial charge in [0.25, 0.3) is 0 Å². The molecule has 0 spiro atoms. The van der Waals surface area contributed by atoms with Gasteiger partial charge in [0.15, 0.2) is 0 Å². The van der Waals surface area contributed by atoms with Crippen molar-refractivity contribution in [3.63, 3.8) is 0 Å². The number of ether oxygens (including phenoxy) is 5. The van der Waals surface area contributed by atoms with E-state index in [1.807, 2.05) is 164 Å². The Morgan fingerprint density at radius 3 is 1.35 bits per heavy atom. The van der Waals surface area contributed by atoms with Crippen LogP contribution in [0.5, 0.6) is 23.0 Å². The molecule has 2 unspecified atom stereocenters. The van der Waals surface area contributed by atoms with Gasteiger partial charge in [0.2, 0.25) is 5.91 Å². The van der Waals surface area contributed by atoms with Crippen LogP contribution in [0.4, 0.5) is 5.69 Å². The number of hydrogen-bond acceptors (Lipinski definition) is 12. The predicted octanol–water partition coefficient (Wildman–Crippen LogP) is 15.4. The number of carbonyl (C=O) groups excluding carboxylic acids is 4. The van der Waals surface area contributed by atoms with Gasteiger partial charge in [-0.25, -0.2) is 0 Å². The smallest absolute Gasteiger partial charge is 0.315 e. The molecule has 1 aliphatic heterocycles. The monoisotopic (exact) mass is 1330 g/mol. The number of rotatable bonds is 21.